The van der Waals surface area contributed by atoms with Gasteiger partial charge in [0.05, 0.1) is 24.4 Å². The topological polar surface area (TPSA) is 93.7 Å². The van der Waals surface area contributed by atoms with E-state index in [0.29, 0.717) is 11.4 Å². The number of anilines is 1. The third-order valence-corrected chi connectivity index (χ3v) is 6.67. The van der Waals surface area contributed by atoms with Crippen LogP contribution in [0, 0.1) is 13.8 Å². The molecule has 33 heavy (non-hydrogen) atoms. The van der Waals surface area contributed by atoms with Crippen LogP contribution < -0.4 is 19.5 Å². The molecule has 0 bridgehead atoms. The molecule has 1 amide bonds. The number of hydrogen-bond donors (Lipinski definition) is 2. The van der Waals surface area contributed by atoms with Crippen LogP contribution >= 0.6 is 11.6 Å². The van der Waals surface area contributed by atoms with E-state index in [4.69, 9.17) is 21.1 Å². The van der Waals surface area contributed by atoms with Crippen LogP contribution in [0.25, 0.3) is 0 Å². The van der Waals surface area contributed by atoms with Crippen LogP contribution in [-0.2, 0) is 10.0 Å². The van der Waals surface area contributed by atoms with Gasteiger partial charge in [0, 0.05) is 5.56 Å². The lowest BCUT2D eigenvalue weighted by molar-refractivity contribution is 0.0947. The highest BCUT2D eigenvalue weighted by Gasteiger charge is 2.21. The van der Waals surface area contributed by atoms with Gasteiger partial charge in [0.25, 0.3) is 15.9 Å². The van der Waals surface area contributed by atoms with Crippen molar-refractivity contribution in [2.75, 3.05) is 25.0 Å². The second kappa shape index (κ2) is 10.6. The Bertz CT molecular complexity index is 1240. The normalized spacial score (nSPS) is 11.0. The predicted octanol–water partition coefficient (Wildman–Crippen LogP) is 4.58. The first-order valence-electron chi connectivity index (χ1n) is 10.1. The van der Waals surface area contributed by atoms with Crippen molar-refractivity contribution in [3.05, 3.63) is 82.4 Å². The molecule has 9 heteroatoms. The van der Waals surface area contributed by atoms with Crippen molar-refractivity contribution in [1.82, 2.24) is 5.32 Å². The maximum atomic E-state index is 12.9. The largest absolute Gasteiger partial charge is 0.497 e. The summed E-state index contributed by atoms with van der Waals surface area (Å²) in [7, 11) is -2.42. The molecule has 3 aromatic rings. The van der Waals surface area contributed by atoms with Crippen LogP contribution in [0.4, 0.5) is 5.69 Å². The Morgan fingerprint density at radius 2 is 1.67 bits per heavy atom. The van der Waals surface area contributed by atoms with Gasteiger partial charge in [0.15, 0.2) is 0 Å². The van der Waals surface area contributed by atoms with Crippen LogP contribution in [0.3, 0.4) is 0 Å². The second-order valence-electron chi connectivity index (χ2n) is 7.35. The van der Waals surface area contributed by atoms with Gasteiger partial charge in [-0.2, -0.15) is 0 Å². The third kappa shape index (κ3) is 6.40. The number of ether oxygens (including phenoxy) is 2. The van der Waals surface area contributed by atoms with Crippen molar-refractivity contribution in [2.45, 2.75) is 18.7 Å². The molecule has 7 nitrogen and oxygen atoms in total. The fraction of sp³-hybridized carbons (Fsp3) is 0.208. The number of aryl methyl sites for hydroxylation is 2. The number of methoxy groups -OCH3 is 1. The Kier molecular flexibility index (Phi) is 7.84. The van der Waals surface area contributed by atoms with Crippen LogP contribution in [0.2, 0.25) is 5.02 Å². The Balaban J connectivity index is 1.64. The van der Waals surface area contributed by atoms with E-state index in [9.17, 15) is 13.2 Å². The van der Waals surface area contributed by atoms with E-state index in [2.05, 4.69) is 10.0 Å². The van der Waals surface area contributed by atoms with E-state index in [1.165, 1.54) is 18.2 Å². The molecule has 0 spiro atoms. The number of rotatable bonds is 9. The maximum absolute atomic E-state index is 12.9. The standard InChI is InChI=1S/C24H25ClN2O5S/c1-16-4-11-22(17(2)14-16)27-33(29,30)23-15-18(5-10-21(23)25)24(28)26-12-13-32-20-8-6-19(31-3)7-9-20/h4-11,14-15,27H,12-13H2,1-3H3,(H,26,28). The monoisotopic (exact) mass is 488 g/mol. The number of hydrogen-bond acceptors (Lipinski definition) is 5. The molecular weight excluding hydrogens is 464 g/mol. The maximum Gasteiger partial charge on any atom is 0.263 e. The number of amides is 1. The fourth-order valence-corrected chi connectivity index (χ4v) is 4.74. The number of benzene rings is 3. The number of sulfonamides is 1. The fourth-order valence-electron chi connectivity index (χ4n) is 3.09. The molecule has 0 saturated heterocycles. The lowest BCUT2D eigenvalue weighted by atomic mass is 10.1. The molecule has 0 fully saturated rings. The minimum Gasteiger partial charge on any atom is -0.497 e. The summed E-state index contributed by atoms with van der Waals surface area (Å²) in [6, 6.07) is 16.6. The first-order chi connectivity index (χ1) is 15.7. The highest BCUT2D eigenvalue weighted by atomic mass is 35.5. The summed E-state index contributed by atoms with van der Waals surface area (Å²) in [6.07, 6.45) is 0. The van der Waals surface area contributed by atoms with Crippen molar-refractivity contribution in [1.29, 1.82) is 0 Å². The van der Waals surface area contributed by atoms with Crippen LogP contribution in [0.15, 0.2) is 65.6 Å². The van der Waals surface area contributed by atoms with E-state index < -0.39 is 15.9 Å². The summed E-state index contributed by atoms with van der Waals surface area (Å²) in [5.41, 5.74) is 2.41. The van der Waals surface area contributed by atoms with Gasteiger partial charge in [-0.25, -0.2) is 8.42 Å². The molecule has 0 atom stereocenters. The quantitative estimate of drug-likeness (QED) is 0.430. The van der Waals surface area contributed by atoms with E-state index in [0.717, 1.165) is 16.9 Å². The molecular formula is C24H25ClN2O5S. The lowest BCUT2D eigenvalue weighted by Crippen LogP contribution is -2.28. The minimum atomic E-state index is -4.00. The Morgan fingerprint density at radius 1 is 0.970 bits per heavy atom. The van der Waals surface area contributed by atoms with Crippen LogP contribution in [0.5, 0.6) is 11.5 Å². The predicted molar refractivity (Wildman–Crippen MR) is 129 cm³/mol. The third-order valence-electron chi connectivity index (χ3n) is 4.82. The van der Waals surface area contributed by atoms with Gasteiger partial charge in [-0.3, -0.25) is 9.52 Å². The van der Waals surface area contributed by atoms with Gasteiger partial charge in [-0.1, -0.05) is 29.3 Å². The zero-order chi connectivity index (χ0) is 24.0. The molecule has 0 heterocycles. The van der Waals surface area contributed by atoms with E-state index in [1.807, 2.05) is 26.0 Å². The van der Waals surface area contributed by atoms with Gasteiger partial charge in [0.1, 0.15) is 23.0 Å². The molecule has 0 aliphatic carbocycles. The average molecular weight is 489 g/mol. The molecule has 0 saturated carbocycles. The molecule has 0 aromatic heterocycles. The van der Waals surface area contributed by atoms with E-state index >= 15 is 0 Å². The van der Waals surface area contributed by atoms with Crippen molar-refractivity contribution >= 4 is 33.2 Å². The Morgan fingerprint density at radius 3 is 2.33 bits per heavy atom. The summed E-state index contributed by atoms with van der Waals surface area (Å²) in [4.78, 5) is 12.4. The highest BCUT2D eigenvalue weighted by molar-refractivity contribution is 7.92. The molecule has 0 aliphatic heterocycles. The van der Waals surface area contributed by atoms with Gasteiger partial charge in [-0.15, -0.1) is 0 Å². The smallest absolute Gasteiger partial charge is 0.263 e. The van der Waals surface area contributed by atoms with Gasteiger partial charge >= 0.3 is 0 Å². The average Bonchev–Trinajstić information content (AvgIpc) is 2.79. The first-order valence-corrected chi connectivity index (χ1v) is 12.0. The molecule has 0 radical (unpaired) electrons. The molecule has 2 N–H and O–H groups in total. The summed E-state index contributed by atoms with van der Waals surface area (Å²) in [5, 5.41) is 2.73. The van der Waals surface area contributed by atoms with Crippen LogP contribution in [0.1, 0.15) is 21.5 Å². The van der Waals surface area contributed by atoms with E-state index in [1.54, 1.807) is 37.4 Å². The molecule has 174 valence electrons. The molecule has 3 rings (SSSR count). The molecule has 3 aromatic carbocycles. The van der Waals surface area contributed by atoms with Crippen molar-refractivity contribution < 1.29 is 22.7 Å². The Hall–Kier alpha value is -3.23. The zero-order valence-corrected chi connectivity index (χ0v) is 20.1. The minimum absolute atomic E-state index is 0.0200. The summed E-state index contributed by atoms with van der Waals surface area (Å²) >= 11 is 6.15. The van der Waals surface area contributed by atoms with Gasteiger partial charge in [0.2, 0.25) is 0 Å². The summed E-state index contributed by atoms with van der Waals surface area (Å²) < 4.78 is 39.1. The summed E-state index contributed by atoms with van der Waals surface area (Å²) in [6.45, 7) is 4.21. The number of nitrogens with one attached hydrogen (secondary N) is 2. The van der Waals surface area contributed by atoms with Crippen LogP contribution in [-0.4, -0.2) is 34.6 Å². The van der Waals surface area contributed by atoms with Gasteiger partial charge < -0.3 is 14.8 Å². The Labute approximate surface area is 198 Å². The summed E-state index contributed by atoms with van der Waals surface area (Å²) in [5.74, 6) is 0.923. The lowest BCUT2D eigenvalue weighted by Gasteiger charge is -2.13. The first kappa shape index (κ1) is 24.4. The number of carbonyl (C=O) groups excluding carboxylic acids is 1. The molecule has 0 aliphatic rings. The number of halogens is 1. The number of carbonyl (C=O) groups is 1. The molecule has 0 unspecified atom stereocenters. The van der Waals surface area contributed by atoms with Crippen molar-refractivity contribution in [2.24, 2.45) is 0 Å². The SMILES string of the molecule is COc1ccc(OCCNC(=O)c2ccc(Cl)c(S(=O)(=O)Nc3ccc(C)cc3C)c2)cc1. The second-order valence-corrected chi connectivity index (χ2v) is 9.41. The zero-order valence-electron chi connectivity index (χ0n) is 18.5. The van der Waals surface area contributed by atoms with Crippen molar-refractivity contribution in [3.8, 4) is 11.5 Å². The van der Waals surface area contributed by atoms with E-state index in [-0.39, 0.29) is 28.6 Å². The highest BCUT2D eigenvalue weighted by Crippen LogP contribution is 2.26. The van der Waals surface area contributed by atoms with Gasteiger partial charge in [-0.05, 0) is 67.9 Å². The van der Waals surface area contributed by atoms with Crippen molar-refractivity contribution in [3.63, 3.8) is 0 Å².